The molecule has 8 nitrogen and oxygen atoms in total. The Morgan fingerprint density at radius 2 is 0.714 bits per heavy atom. The maximum absolute atomic E-state index is 12.8. The van der Waals surface area contributed by atoms with E-state index in [0.717, 1.165) is 48.7 Å². The predicted octanol–water partition coefficient (Wildman–Crippen LogP) is 11.6. The number of rotatable bonds is 27. The standard InChI is InChI=1S/C48H58O8/c49-47(39-21-25-41(26-22-39)51-33-13-9-5-1-3-7-11-15-45-35-53-45)55-43-29-17-37(18-30-43)38-19-31-44(32-20-38)56-48(50)40-23-27-42(28-24-40)52-34-14-10-6-2-4-8-12-16-46-36-54-46/h17-32,45-46H,1-16,33-36H2. The van der Waals surface area contributed by atoms with Crippen LogP contribution in [0, 0.1) is 0 Å². The molecule has 0 radical (unpaired) electrons. The van der Waals surface area contributed by atoms with Gasteiger partial charge in [-0.25, -0.2) is 9.59 Å². The molecule has 2 atom stereocenters. The Morgan fingerprint density at radius 3 is 1.05 bits per heavy atom. The van der Waals surface area contributed by atoms with Gasteiger partial charge in [-0.05, 0) is 110 Å². The highest BCUT2D eigenvalue weighted by Crippen LogP contribution is 2.26. The topological polar surface area (TPSA) is 96.1 Å². The Balaban J connectivity index is 0.832. The summed E-state index contributed by atoms with van der Waals surface area (Å²) in [5, 5.41) is 0. The predicted molar refractivity (Wildman–Crippen MR) is 219 cm³/mol. The van der Waals surface area contributed by atoms with Crippen LogP contribution in [-0.4, -0.2) is 50.6 Å². The Morgan fingerprint density at radius 1 is 0.411 bits per heavy atom. The van der Waals surface area contributed by atoms with Gasteiger partial charge in [0.1, 0.15) is 23.0 Å². The molecule has 2 unspecified atom stereocenters. The van der Waals surface area contributed by atoms with Gasteiger partial charge in [0.2, 0.25) is 0 Å². The summed E-state index contributed by atoms with van der Waals surface area (Å²) in [5.41, 5.74) is 2.80. The van der Waals surface area contributed by atoms with E-state index >= 15 is 0 Å². The van der Waals surface area contributed by atoms with Crippen LogP contribution >= 0.6 is 0 Å². The van der Waals surface area contributed by atoms with E-state index in [1.165, 1.54) is 89.9 Å². The number of carbonyl (C=O) groups excluding carboxylic acids is 2. The summed E-state index contributed by atoms with van der Waals surface area (Å²) in [6.07, 6.45) is 20.8. The Bertz CT molecular complexity index is 1600. The van der Waals surface area contributed by atoms with Crippen LogP contribution in [0.3, 0.4) is 0 Å². The highest BCUT2D eigenvalue weighted by Gasteiger charge is 2.21. The second-order valence-electron chi connectivity index (χ2n) is 15.0. The minimum absolute atomic E-state index is 0.426. The van der Waals surface area contributed by atoms with E-state index in [9.17, 15) is 9.59 Å². The van der Waals surface area contributed by atoms with Crippen molar-refractivity contribution in [2.24, 2.45) is 0 Å². The van der Waals surface area contributed by atoms with Crippen molar-refractivity contribution in [3.05, 3.63) is 108 Å². The minimum atomic E-state index is -0.426. The monoisotopic (exact) mass is 762 g/mol. The molecule has 4 aromatic rings. The lowest BCUT2D eigenvalue weighted by Crippen LogP contribution is -2.08. The van der Waals surface area contributed by atoms with Crippen LogP contribution in [0.1, 0.15) is 123 Å². The van der Waals surface area contributed by atoms with Crippen LogP contribution in [0.2, 0.25) is 0 Å². The SMILES string of the molecule is O=C(Oc1ccc(-c2ccc(OC(=O)c3ccc(OCCCCCCCCCC4CO4)cc3)cc2)cc1)c1ccc(OCCCCCCCCCC2CO2)cc1. The van der Waals surface area contributed by atoms with Crippen molar-refractivity contribution in [2.75, 3.05) is 26.4 Å². The number of hydrogen-bond donors (Lipinski definition) is 0. The van der Waals surface area contributed by atoms with Crippen LogP contribution < -0.4 is 18.9 Å². The maximum atomic E-state index is 12.8. The molecule has 2 fully saturated rings. The fourth-order valence-corrected chi connectivity index (χ4v) is 6.70. The minimum Gasteiger partial charge on any atom is -0.494 e. The zero-order chi connectivity index (χ0) is 38.6. The first-order valence-corrected chi connectivity index (χ1v) is 20.9. The summed E-state index contributed by atoms with van der Waals surface area (Å²) >= 11 is 0. The molecule has 0 bridgehead atoms. The van der Waals surface area contributed by atoms with Gasteiger partial charge in [-0.2, -0.15) is 0 Å². The third kappa shape index (κ3) is 15.1. The van der Waals surface area contributed by atoms with E-state index in [1.807, 2.05) is 48.5 Å². The average Bonchev–Trinajstić information content (AvgIpc) is 4.18. The quantitative estimate of drug-likeness (QED) is 0.0256. The fourth-order valence-electron chi connectivity index (χ4n) is 6.70. The van der Waals surface area contributed by atoms with E-state index in [0.29, 0.717) is 48.0 Å². The summed E-state index contributed by atoms with van der Waals surface area (Å²) in [7, 11) is 0. The number of esters is 2. The number of epoxide rings is 2. The number of hydrogen-bond acceptors (Lipinski definition) is 8. The molecule has 2 aliphatic heterocycles. The van der Waals surface area contributed by atoms with Crippen molar-refractivity contribution in [3.8, 4) is 34.1 Å². The molecule has 0 saturated carbocycles. The maximum Gasteiger partial charge on any atom is 0.343 e. The summed E-state index contributed by atoms with van der Waals surface area (Å²) < 4.78 is 33.5. The van der Waals surface area contributed by atoms with Crippen molar-refractivity contribution in [3.63, 3.8) is 0 Å². The molecule has 56 heavy (non-hydrogen) atoms. The summed E-state index contributed by atoms with van der Waals surface area (Å²) in [5.74, 6) is 1.56. The van der Waals surface area contributed by atoms with Crippen LogP contribution in [0.25, 0.3) is 11.1 Å². The lowest BCUT2D eigenvalue weighted by Gasteiger charge is -2.09. The molecule has 8 heteroatoms. The van der Waals surface area contributed by atoms with E-state index in [4.69, 9.17) is 28.4 Å². The van der Waals surface area contributed by atoms with Gasteiger partial charge in [0, 0.05) is 0 Å². The van der Waals surface area contributed by atoms with Crippen LogP contribution in [0.5, 0.6) is 23.0 Å². The van der Waals surface area contributed by atoms with Gasteiger partial charge < -0.3 is 28.4 Å². The zero-order valence-corrected chi connectivity index (χ0v) is 32.8. The lowest BCUT2D eigenvalue weighted by molar-refractivity contribution is 0.0725. The largest absolute Gasteiger partial charge is 0.494 e. The molecule has 2 heterocycles. The molecule has 0 N–H and O–H groups in total. The highest BCUT2D eigenvalue weighted by atomic mass is 16.6. The second kappa shape index (κ2) is 22.8. The molecule has 0 aliphatic carbocycles. The molecule has 0 spiro atoms. The molecule has 6 rings (SSSR count). The summed E-state index contributed by atoms with van der Waals surface area (Å²) in [6, 6.07) is 28.8. The van der Waals surface area contributed by atoms with Crippen molar-refractivity contribution in [1.82, 2.24) is 0 Å². The van der Waals surface area contributed by atoms with Gasteiger partial charge in [0.25, 0.3) is 0 Å². The van der Waals surface area contributed by atoms with E-state index < -0.39 is 11.9 Å². The fraction of sp³-hybridized carbons (Fsp3) is 0.458. The normalized spacial score (nSPS) is 15.6. The van der Waals surface area contributed by atoms with Crippen molar-refractivity contribution in [1.29, 1.82) is 0 Å². The van der Waals surface area contributed by atoms with Crippen LogP contribution in [0.15, 0.2) is 97.1 Å². The van der Waals surface area contributed by atoms with Crippen molar-refractivity contribution < 1.29 is 38.0 Å². The molecule has 0 amide bonds. The summed E-state index contributed by atoms with van der Waals surface area (Å²) in [6.45, 7) is 3.28. The lowest BCUT2D eigenvalue weighted by atomic mass is 10.1. The van der Waals surface area contributed by atoms with E-state index in [-0.39, 0.29) is 0 Å². The Kier molecular flexibility index (Phi) is 16.7. The van der Waals surface area contributed by atoms with Gasteiger partial charge in [0.05, 0.1) is 49.8 Å². The molecule has 2 saturated heterocycles. The Hall–Kier alpha value is -4.66. The van der Waals surface area contributed by atoms with Crippen molar-refractivity contribution >= 4 is 11.9 Å². The van der Waals surface area contributed by atoms with E-state index in [1.54, 1.807) is 48.5 Å². The zero-order valence-electron chi connectivity index (χ0n) is 32.8. The smallest absolute Gasteiger partial charge is 0.343 e. The second-order valence-corrected chi connectivity index (χ2v) is 15.0. The molecule has 0 aromatic heterocycles. The van der Waals surface area contributed by atoms with Gasteiger partial charge in [0.15, 0.2) is 0 Å². The number of carbonyl (C=O) groups is 2. The van der Waals surface area contributed by atoms with Crippen LogP contribution in [0.4, 0.5) is 0 Å². The first-order valence-electron chi connectivity index (χ1n) is 20.9. The molecule has 298 valence electrons. The van der Waals surface area contributed by atoms with Crippen molar-refractivity contribution in [2.45, 2.75) is 115 Å². The third-order valence-electron chi connectivity index (χ3n) is 10.3. The van der Waals surface area contributed by atoms with Gasteiger partial charge in [-0.1, -0.05) is 101 Å². The Labute approximate surface area is 332 Å². The summed E-state index contributed by atoms with van der Waals surface area (Å²) in [4.78, 5) is 25.6. The number of unbranched alkanes of at least 4 members (excludes halogenated alkanes) is 12. The van der Waals surface area contributed by atoms with Gasteiger partial charge in [-0.15, -0.1) is 0 Å². The molecule has 4 aromatic carbocycles. The van der Waals surface area contributed by atoms with E-state index in [2.05, 4.69) is 0 Å². The van der Waals surface area contributed by atoms with Gasteiger partial charge >= 0.3 is 11.9 Å². The third-order valence-corrected chi connectivity index (χ3v) is 10.3. The number of benzene rings is 4. The number of ether oxygens (including phenoxy) is 6. The first kappa shape index (κ1) is 41.0. The molecular formula is C48H58O8. The first-order chi connectivity index (χ1) is 27.6. The van der Waals surface area contributed by atoms with Gasteiger partial charge in [-0.3, -0.25) is 0 Å². The molecule has 2 aliphatic rings. The molecular weight excluding hydrogens is 705 g/mol. The average molecular weight is 763 g/mol. The highest BCUT2D eigenvalue weighted by molar-refractivity contribution is 5.92. The van der Waals surface area contributed by atoms with Crippen LogP contribution in [-0.2, 0) is 9.47 Å².